The van der Waals surface area contributed by atoms with E-state index in [4.69, 9.17) is 21.1 Å². The van der Waals surface area contributed by atoms with E-state index in [0.717, 1.165) is 36.3 Å². The van der Waals surface area contributed by atoms with Crippen LogP contribution in [0.3, 0.4) is 0 Å². The van der Waals surface area contributed by atoms with Gasteiger partial charge in [-0.2, -0.15) is 0 Å². The molecule has 2 aromatic carbocycles. The summed E-state index contributed by atoms with van der Waals surface area (Å²) in [6.45, 7) is 4.02. The van der Waals surface area contributed by atoms with Gasteiger partial charge in [0, 0.05) is 30.3 Å². The standard InChI is InChI=1S/C23H28ClNO3/c1-3-17-28-22-9-5-4-8-19(22)10-15-23(26)25(2)16-6-7-18-27-21-13-11-20(24)12-14-21/h4-5,8-15H,3,6-7,16-18H2,1-2H3/b15-10+. The molecule has 4 nitrogen and oxygen atoms in total. The van der Waals surface area contributed by atoms with E-state index in [1.165, 1.54) is 0 Å². The number of hydrogen-bond donors (Lipinski definition) is 0. The predicted molar refractivity (Wildman–Crippen MR) is 115 cm³/mol. The van der Waals surface area contributed by atoms with Crippen LogP contribution in [0.25, 0.3) is 6.08 Å². The number of likely N-dealkylation sites (N-methyl/N-ethyl adjacent to an activating group) is 1. The molecule has 0 aliphatic rings. The van der Waals surface area contributed by atoms with Crippen molar-refractivity contribution < 1.29 is 14.3 Å². The Morgan fingerprint density at radius 2 is 1.79 bits per heavy atom. The molecule has 0 aliphatic carbocycles. The third kappa shape index (κ3) is 7.65. The van der Waals surface area contributed by atoms with Gasteiger partial charge in [0.2, 0.25) is 5.91 Å². The number of para-hydroxylation sites is 1. The van der Waals surface area contributed by atoms with Gasteiger partial charge in [0.15, 0.2) is 0 Å². The Kier molecular flexibility index (Phi) is 9.43. The summed E-state index contributed by atoms with van der Waals surface area (Å²) in [4.78, 5) is 14.0. The number of unbranched alkanes of at least 4 members (excludes halogenated alkanes) is 1. The number of benzene rings is 2. The van der Waals surface area contributed by atoms with E-state index >= 15 is 0 Å². The average molecular weight is 402 g/mol. The minimum Gasteiger partial charge on any atom is -0.494 e. The summed E-state index contributed by atoms with van der Waals surface area (Å²) in [5, 5.41) is 0.695. The molecule has 0 aromatic heterocycles. The van der Waals surface area contributed by atoms with E-state index in [2.05, 4.69) is 6.92 Å². The SMILES string of the molecule is CCCOc1ccccc1/C=C/C(=O)N(C)CCCCOc1ccc(Cl)cc1. The zero-order valence-corrected chi connectivity index (χ0v) is 17.3. The van der Waals surface area contributed by atoms with Crippen molar-refractivity contribution in [1.82, 2.24) is 4.90 Å². The first-order valence-electron chi connectivity index (χ1n) is 9.63. The van der Waals surface area contributed by atoms with Gasteiger partial charge >= 0.3 is 0 Å². The first kappa shape index (κ1) is 21.8. The molecule has 0 radical (unpaired) electrons. The van der Waals surface area contributed by atoms with Crippen LogP contribution in [0, 0.1) is 0 Å². The maximum Gasteiger partial charge on any atom is 0.246 e. The molecular formula is C23H28ClNO3. The summed E-state index contributed by atoms with van der Waals surface area (Å²) in [7, 11) is 1.81. The first-order chi connectivity index (χ1) is 13.6. The zero-order chi connectivity index (χ0) is 20.2. The minimum absolute atomic E-state index is 0.0242. The van der Waals surface area contributed by atoms with Crippen LogP contribution >= 0.6 is 11.6 Å². The van der Waals surface area contributed by atoms with Gasteiger partial charge in [-0.1, -0.05) is 36.7 Å². The largest absolute Gasteiger partial charge is 0.494 e. The van der Waals surface area contributed by atoms with Crippen LogP contribution in [0.5, 0.6) is 11.5 Å². The smallest absolute Gasteiger partial charge is 0.246 e. The Morgan fingerprint density at radius 1 is 1.04 bits per heavy atom. The highest BCUT2D eigenvalue weighted by Gasteiger charge is 2.06. The Balaban J connectivity index is 1.72. The van der Waals surface area contributed by atoms with Gasteiger partial charge in [-0.15, -0.1) is 0 Å². The second kappa shape index (κ2) is 12.1. The van der Waals surface area contributed by atoms with Crippen LogP contribution in [-0.4, -0.2) is 37.6 Å². The fraction of sp³-hybridized carbons (Fsp3) is 0.348. The number of halogens is 1. The van der Waals surface area contributed by atoms with Gasteiger partial charge < -0.3 is 14.4 Å². The van der Waals surface area contributed by atoms with Crippen molar-refractivity contribution in [1.29, 1.82) is 0 Å². The van der Waals surface area contributed by atoms with E-state index in [1.54, 1.807) is 23.1 Å². The van der Waals surface area contributed by atoms with Gasteiger partial charge in [0.05, 0.1) is 13.2 Å². The van der Waals surface area contributed by atoms with Gasteiger partial charge in [0.1, 0.15) is 11.5 Å². The highest BCUT2D eigenvalue weighted by molar-refractivity contribution is 6.30. The van der Waals surface area contributed by atoms with Crippen molar-refractivity contribution in [3.63, 3.8) is 0 Å². The van der Waals surface area contributed by atoms with Crippen LogP contribution < -0.4 is 9.47 Å². The molecule has 0 spiro atoms. The quantitative estimate of drug-likeness (QED) is 0.370. The molecule has 1 amide bonds. The molecule has 28 heavy (non-hydrogen) atoms. The zero-order valence-electron chi connectivity index (χ0n) is 16.6. The Morgan fingerprint density at radius 3 is 2.54 bits per heavy atom. The van der Waals surface area contributed by atoms with Crippen molar-refractivity contribution >= 4 is 23.6 Å². The van der Waals surface area contributed by atoms with Gasteiger partial charge in [-0.3, -0.25) is 4.79 Å². The number of rotatable bonds is 11. The van der Waals surface area contributed by atoms with Crippen LogP contribution in [-0.2, 0) is 4.79 Å². The molecule has 2 aromatic rings. The monoisotopic (exact) mass is 401 g/mol. The number of hydrogen-bond acceptors (Lipinski definition) is 3. The van der Waals surface area contributed by atoms with Gasteiger partial charge in [-0.25, -0.2) is 0 Å². The van der Waals surface area contributed by atoms with Crippen molar-refractivity contribution in [3.8, 4) is 11.5 Å². The van der Waals surface area contributed by atoms with E-state index in [9.17, 15) is 4.79 Å². The van der Waals surface area contributed by atoms with Crippen molar-refractivity contribution in [2.45, 2.75) is 26.2 Å². The molecule has 0 heterocycles. The second-order valence-corrected chi connectivity index (χ2v) is 6.93. The normalized spacial score (nSPS) is 10.8. The Hall–Kier alpha value is -2.46. The molecule has 0 fully saturated rings. The molecular weight excluding hydrogens is 374 g/mol. The molecule has 0 saturated heterocycles. The highest BCUT2D eigenvalue weighted by atomic mass is 35.5. The maximum atomic E-state index is 12.3. The van der Waals surface area contributed by atoms with E-state index in [-0.39, 0.29) is 5.91 Å². The summed E-state index contributed by atoms with van der Waals surface area (Å²) < 4.78 is 11.4. The molecule has 150 valence electrons. The number of nitrogens with zero attached hydrogens (tertiary/aromatic N) is 1. The molecule has 5 heteroatoms. The molecule has 0 saturated carbocycles. The van der Waals surface area contributed by atoms with Crippen LogP contribution in [0.1, 0.15) is 31.7 Å². The molecule has 0 unspecified atom stereocenters. The summed E-state index contributed by atoms with van der Waals surface area (Å²) in [6, 6.07) is 15.1. The minimum atomic E-state index is -0.0242. The van der Waals surface area contributed by atoms with Crippen molar-refractivity contribution in [3.05, 3.63) is 65.2 Å². The summed E-state index contributed by atoms with van der Waals surface area (Å²) in [5.41, 5.74) is 0.911. The number of amides is 1. The van der Waals surface area contributed by atoms with Gasteiger partial charge in [-0.05, 0) is 55.7 Å². The fourth-order valence-corrected chi connectivity index (χ4v) is 2.66. The van der Waals surface area contributed by atoms with Crippen molar-refractivity contribution in [2.24, 2.45) is 0 Å². The van der Waals surface area contributed by atoms with Crippen LogP contribution in [0.15, 0.2) is 54.6 Å². The Labute approximate surface area is 172 Å². The summed E-state index contributed by atoms with van der Waals surface area (Å²) in [5.74, 6) is 1.58. The fourth-order valence-electron chi connectivity index (χ4n) is 2.53. The molecule has 0 bridgehead atoms. The van der Waals surface area contributed by atoms with Crippen LogP contribution in [0.4, 0.5) is 0 Å². The molecule has 0 atom stereocenters. The first-order valence-corrected chi connectivity index (χ1v) is 10.0. The number of ether oxygens (including phenoxy) is 2. The highest BCUT2D eigenvalue weighted by Crippen LogP contribution is 2.20. The topological polar surface area (TPSA) is 38.8 Å². The molecule has 2 rings (SSSR count). The van der Waals surface area contributed by atoms with Gasteiger partial charge in [0.25, 0.3) is 0 Å². The van der Waals surface area contributed by atoms with Crippen molar-refractivity contribution in [2.75, 3.05) is 26.8 Å². The lowest BCUT2D eigenvalue weighted by Crippen LogP contribution is -2.26. The number of carbonyl (C=O) groups excluding carboxylic acids is 1. The Bertz CT molecular complexity index is 759. The number of carbonyl (C=O) groups is 1. The third-order valence-electron chi connectivity index (χ3n) is 4.13. The van der Waals surface area contributed by atoms with E-state index in [1.807, 2.05) is 49.5 Å². The summed E-state index contributed by atoms with van der Waals surface area (Å²) >= 11 is 5.85. The van der Waals surface area contributed by atoms with E-state index in [0.29, 0.717) is 24.8 Å². The lowest BCUT2D eigenvalue weighted by molar-refractivity contribution is -0.124. The average Bonchev–Trinajstić information content (AvgIpc) is 2.72. The lowest BCUT2D eigenvalue weighted by atomic mass is 10.2. The predicted octanol–water partition coefficient (Wildman–Crippen LogP) is 5.46. The third-order valence-corrected chi connectivity index (χ3v) is 4.38. The lowest BCUT2D eigenvalue weighted by Gasteiger charge is -2.15. The summed E-state index contributed by atoms with van der Waals surface area (Å²) in [6.07, 6.45) is 6.10. The van der Waals surface area contributed by atoms with Crippen LogP contribution in [0.2, 0.25) is 5.02 Å². The molecule has 0 aliphatic heterocycles. The van der Waals surface area contributed by atoms with E-state index < -0.39 is 0 Å². The maximum absolute atomic E-state index is 12.3. The second-order valence-electron chi connectivity index (χ2n) is 6.49. The molecule has 0 N–H and O–H groups in total.